The van der Waals surface area contributed by atoms with Crippen molar-refractivity contribution in [1.29, 1.82) is 0 Å². The average Bonchev–Trinajstić information content (AvgIpc) is 2.77. The summed E-state index contributed by atoms with van der Waals surface area (Å²) in [5.41, 5.74) is 0.750. The van der Waals surface area contributed by atoms with Crippen molar-refractivity contribution in [1.82, 2.24) is 5.32 Å². The van der Waals surface area contributed by atoms with E-state index in [1.165, 1.54) is 12.1 Å². The van der Waals surface area contributed by atoms with E-state index in [0.717, 1.165) is 6.42 Å². The second kappa shape index (κ2) is 5.97. The van der Waals surface area contributed by atoms with Gasteiger partial charge in [-0.25, -0.2) is 8.78 Å². The lowest BCUT2D eigenvalue weighted by molar-refractivity contribution is 0.0951. The molecule has 19 heavy (non-hydrogen) atoms. The first-order valence-electron chi connectivity index (χ1n) is 6.85. The summed E-state index contributed by atoms with van der Waals surface area (Å²) >= 11 is 0. The molecule has 0 aliphatic carbocycles. The third-order valence-electron chi connectivity index (χ3n) is 3.90. The summed E-state index contributed by atoms with van der Waals surface area (Å²) in [6.45, 7) is 6.93. The molecule has 1 aliphatic heterocycles. The minimum absolute atomic E-state index is 0.0628. The summed E-state index contributed by atoms with van der Waals surface area (Å²) in [5.74, 6) is -0.522. The molecule has 1 aliphatic rings. The molecule has 3 atom stereocenters. The Morgan fingerprint density at radius 1 is 1.37 bits per heavy atom. The average molecular weight is 269 g/mol. The molecule has 1 aromatic rings. The topological polar surface area (TPSA) is 21.3 Å². The van der Waals surface area contributed by atoms with Gasteiger partial charge in [-0.1, -0.05) is 6.92 Å². The second-order valence-corrected chi connectivity index (χ2v) is 5.19. The van der Waals surface area contributed by atoms with E-state index in [0.29, 0.717) is 24.3 Å². The summed E-state index contributed by atoms with van der Waals surface area (Å²) in [7, 11) is 0. The van der Waals surface area contributed by atoms with E-state index in [2.05, 4.69) is 5.32 Å². The van der Waals surface area contributed by atoms with E-state index in [-0.39, 0.29) is 29.7 Å². The number of aryl methyl sites for hydroxylation is 1. The minimum atomic E-state index is -0.356. The van der Waals surface area contributed by atoms with Crippen LogP contribution in [-0.4, -0.2) is 19.3 Å². The van der Waals surface area contributed by atoms with Crippen molar-refractivity contribution in [2.75, 3.05) is 13.2 Å². The highest BCUT2D eigenvalue weighted by Crippen LogP contribution is 2.35. The number of hydrogen-bond acceptors (Lipinski definition) is 2. The fraction of sp³-hybridized carbons (Fsp3) is 0.600. The van der Waals surface area contributed by atoms with Crippen LogP contribution in [0, 0.1) is 24.5 Å². The van der Waals surface area contributed by atoms with Gasteiger partial charge in [0, 0.05) is 24.1 Å². The molecule has 1 saturated heterocycles. The highest BCUT2D eigenvalue weighted by atomic mass is 19.1. The predicted molar refractivity (Wildman–Crippen MR) is 71.0 cm³/mol. The van der Waals surface area contributed by atoms with E-state index >= 15 is 0 Å². The number of ether oxygens (including phenoxy) is 1. The fourth-order valence-electron chi connectivity index (χ4n) is 2.80. The van der Waals surface area contributed by atoms with Crippen molar-refractivity contribution in [2.45, 2.75) is 39.3 Å². The minimum Gasteiger partial charge on any atom is -0.378 e. The van der Waals surface area contributed by atoms with E-state index in [1.807, 2.05) is 13.8 Å². The Kier molecular flexibility index (Phi) is 4.53. The Labute approximate surface area is 113 Å². The Morgan fingerprint density at radius 3 is 2.68 bits per heavy atom. The lowest BCUT2D eigenvalue weighted by Crippen LogP contribution is -2.32. The SMILES string of the molecule is CCNC(c1cc(F)c(C)cc1F)C1CCOC1C. The highest BCUT2D eigenvalue weighted by Gasteiger charge is 2.34. The molecule has 0 aromatic heterocycles. The maximum atomic E-state index is 14.1. The quantitative estimate of drug-likeness (QED) is 0.905. The molecule has 1 aromatic carbocycles. The van der Waals surface area contributed by atoms with Crippen molar-refractivity contribution in [3.8, 4) is 0 Å². The molecule has 0 amide bonds. The molecule has 1 N–H and O–H groups in total. The van der Waals surface area contributed by atoms with Gasteiger partial charge in [-0.2, -0.15) is 0 Å². The molecule has 2 rings (SSSR count). The van der Waals surface area contributed by atoms with Crippen LogP contribution in [0.15, 0.2) is 12.1 Å². The lowest BCUT2D eigenvalue weighted by Gasteiger charge is -2.27. The van der Waals surface area contributed by atoms with E-state index < -0.39 is 0 Å². The van der Waals surface area contributed by atoms with Gasteiger partial charge in [0.15, 0.2) is 0 Å². The predicted octanol–water partition coefficient (Wildman–Crippen LogP) is 3.35. The van der Waals surface area contributed by atoms with Crippen LogP contribution in [0.25, 0.3) is 0 Å². The largest absolute Gasteiger partial charge is 0.378 e. The van der Waals surface area contributed by atoms with Gasteiger partial charge in [-0.05, 0) is 44.5 Å². The molecule has 1 heterocycles. The summed E-state index contributed by atoms with van der Waals surface area (Å²) < 4.78 is 33.4. The molecule has 4 heteroatoms. The van der Waals surface area contributed by atoms with Crippen LogP contribution < -0.4 is 5.32 Å². The zero-order valence-electron chi connectivity index (χ0n) is 11.7. The Morgan fingerprint density at radius 2 is 2.11 bits per heavy atom. The van der Waals surface area contributed by atoms with Crippen molar-refractivity contribution >= 4 is 0 Å². The van der Waals surface area contributed by atoms with Crippen LogP contribution in [0.2, 0.25) is 0 Å². The van der Waals surface area contributed by atoms with Crippen molar-refractivity contribution < 1.29 is 13.5 Å². The number of benzene rings is 1. The maximum absolute atomic E-state index is 14.1. The standard InChI is InChI=1S/C15H21F2NO/c1-4-18-15(11-5-6-19-10(11)3)12-8-13(16)9(2)7-14(12)17/h7-8,10-11,15,18H,4-6H2,1-3H3. The van der Waals surface area contributed by atoms with Crippen LogP contribution in [0.3, 0.4) is 0 Å². The van der Waals surface area contributed by atoms with Gasteiger partial charge < -0.3 is 10.1 Å². The first-order chi connectivity index (χ1) is 9.04. The van der Waals surface area contributed by atoms with Crippen LogP contribution in [0.5, 0.6) is 0 Å². The molecular formula is C15H21F2NO. The molecule has 0 bridgehead atoms. The summed E-state index contributed by atoms with van der Waals surface area (Å²) in [5, 5.41) is 3.27. The fourth-order valence-corrected chi connectivity index (χ4v) is 2.80. The summed E-state index contributed by atoms with van der Waals surface area (Å²) in [6, 6.07) is 2.40. The van der Waals surface area contributed by atoms with E-state index in [4.69, 9.17) is 4.74 Å². The first kappa shape index (κ1) is 14.4. The Hall–Kier alpha value is -1.00. The zero-order valence-corrected chi connectivity index (χ0v) is 11.7. The molecule has 0 spiro atoms. The molecule has 0 radical (unpaired) electrons. The number of rotatable bonds is 4. The zero-order chi connectivity index (χ0) is 14.0. The normalized spacial score (nSPS) is 24.7. The maximum Gasteiger partial charge on any atom is 0.128 e. The van der Waals surface area contributed by atoms with Gasteiger partial charge in [0.2, 0.25) is 0 Å². The van der Waals surface area contributed by atoms with Crippen LogP contribution >= 0.6 is 0 Å². The Balaban J connectivity index is 2.35. The van der Waals surface area contributed by atoms with Gasteiger partial charge in [0.1, 0.15) is 11.6 Å². The van der Waals surface area contributed by atoms with E-state index in [1.54, 1.807) is 6.92 Å². The second-order valence-electron chi connectivity index (χ2n) is 5.19. The van der Waals surface area contributed by atoms with Gasteiger partial charge in [0.25, 0.3) is 0 Å². The summed E-state index contributed by atoms with van der Waals surface area (Å²) in [4.78, 5) is 0. The molecule has 3 unspecified atom stereocenters. The highest BCUT2D eigenvalue weighted by molar-refractivity contribution is 5.28. The third kappa shape index (κ3) is 2.95. The van der Waals surface area contributed by atoms with Gasteiger partial charge in [-0.15, -0.1) is 0 Å². The van der Waals surface area contributed by atoms with E-state index in [9.17, 15) is 8.78 Å². The number of halogens is 2. The van der Waals surface area contributed by atoms with Gasteiger partial charge in [-0.3, -0.25) is 0 Å². The molecule has 0 saturated carbocycles. The van der Waals surface area contributed by atoms with Crippen LogP contribution in [-0.2, 0) is 4.74 Å². The van der Waals surface area contributed by atoms with Crippen molar-refractivity contribution in [3.05, 3.63) is 34.9 Å². The van der Waals surface area contributed by atoms with Gasteiger partial charge >= 0.3 is 0 Å². The number of nitrogens with one attached hydrogen (secondary N) is 1. The first-order valence-corrected chi connectivity index (χ1v) is 6.85. The summed E-state index contributed by atoms with van der Waals surface area (Å²) in [6.07, 6.45) is 0.932. The van der Waals surface area contributed by atoms with Crippen LogP contribution in [0.1, 0.15) is 37.4 Å². The molecule has 1 fully saturated rings. The van der Waals surface area contributed by atoms with Crippen LogP contribution in [0.4, 0.5) is 8.78 Å². The monoisotopic (exact) mass is 269 g/mol. The smallest absolute Gasteiger partial charge is 0.128 e. The molecule has 106 valence electrons. The number of hydrogen-bond donors (Lipinski definition) is 1. The lowest BCUT2D eigenvalue weighted by atomic mass is 9.87. The van der Waals surface area contributed by atoms with Crippen molar-refractivity contribution in [3.63, 3.8) is 0 Å². The molecule has 2 nitrogen and oxygen atoms in total. The Bertz CT molecular complexity index is 450. The third-order valence-corrected chi connectivity index (χ3v) is 3.90. The van der Waals surface area contributed by atoms with Crippen molar-refractivity contribution in [2.24, 2.45) is 5.92 Å². The van der Waals surface area contributed by atoms with Gasteiger partial charge in [0.05, 0.1) is 6.10 Å². The molecular weight excluding hydrogens is 248 g/mol.